The van der Waals surface area contributed by atoms with Gasteiger partial charge in [0.2, 0.25) is 5.91 Å². The first-order valence-electron chi connectivity index (χ1n) is 9.05. The molecule has 0 aliphatic heterocycles. The van der Waals surface area contributed by atoms with Gasteiger partial charge in [0, 0.05) is 32.4 Å². The molecule has 2 N–H and O–H groups in total. The van der Waals surface area contributed by atoms with E-state index in [4.69, 9.17) is 9.47 Å². The summed E-state index contributed by atoms with van der Waals surface area (Å²) < 4.78 is 10.6. The summed E-state index contributed by atoms with van der Waals surface area (Å²) in [6.07, 6.45) is 0.842. The minimum absolute atomic E-state index is 0.0565. The second-order valence-electron chi connectivity index (χ2n) is 6.31. The standard InChI is InChI=1S/C21H28N4O3/c1-25(2)20(26)15-23-21(22-13-12-16-8-6-5-7-9-16)24-17-10-11-18(27-3)19(14-17)28-4/h5-11,14H,12-13,15H2,1-4H3,(H2,22,23,24). The Hall–Kier alpha value is -3.22. The maximum absolute atomic E-state index is 11.9. The van der Waals surface area contributed by atoms with E-state index >= 15 is 0 Å². The fourth-order valence-corrected chi connectivity index (χ4v) is 2.45. The van der Waals surface area contributed by atoms with Crippen LogP contribution in [0.4, 0.5) is 5.69 Å². The van der Waals surface area contributed by atoms with Gasteiger partial charge in [-0.3, -0.25) is 4.79 Å². The molecule has 0 saturated carbocycles. The number of carbonyl (C=O) groups is 1. The number of benzene rings is 2. The van der Waals surface area contributed by atoms with Crippen molar-refractivity contribution in [2.24, 2.45) is 4.99 Å². The van der Waals surface area contributed by atoms with E-state index in [1.165, 1.54) is 10.5 Å². The third-order valence-corrected chi connectivity index (χ3v) is 4.07. The number of likely N-dealkylation sites (N-methyl/N-ethyl adjacent to an activating group) is 1. The minimum Gasteiger partial charge on any atom is -0.493 e. The van der Waals surface area contributed by atoms with E-state index in [1.54, 1.807) is 28.3 Å². The van der Waals surface area contributed by atoms with Crippen LogP contribution in [0.15, 0.2) is 53.5 Å². The van der Waals surface area contributed by atoms with Gasteiger partial charge >= 0.3 is 0 Å². The SMILES string of the molecule is COc1ccc(NC(=NCC(=O)N(C)C)NCCc2ccccc2)cc1OC. The molecule has 2 aromatic rings. The van der Waals surface area contributed by atoms with E-state index in [-0.39, 0.29) is 12.5 Å². The fourth-order valence-electron chi connectivity index (χ4n) is 2.45. The van der Waals surface area contributed by atoms with Crippen LogP contribution in [0.3, 0.4) is 0 Å². The van der Waals surface area contributed by atoms with E-state index < -0.39 is 0 Å². The maximum Gasteiger partial charge on any atom is 0.243 e. The lowest BCUT2D eigenvalue weighted by atomic mass is 10.1. The Morgan fingerprint density at radius 3 is 2.39 bits per heavy atom. The van der Waals surface area contributed by atoms with Gasteiger partial charge in [-0.05, 0) is 24.1 Å². The first kappa shape index (κ1) is 21.1. The molecule has 150 valence electrons. The zero-order valence-corrected chi connectivity index (χ0v) is 16.9. The van der Waals surface area contributed by atoms with Crippen molar-refractivity contribution in [3.8, 4) is 11.5 Å². The third-order valence-electron chi connectivity index (χ3n) is 4.07. The minimum atomic E-state index is -0.0727. The van der Waals surface area contributed by atoms with Crippen LogP contribution in [0, 0.1) is 0 Å². The summed E-state index contributed by atoms with van der Waals surface area (Å²) in [6.45, 7) is 0.736. The van der Waals surface area contributed by atoms with Crippen molar-refractivity contribution in [3.63, 3.8) is 0 Å². The predicted molar refractivity (Wildman–Crippen MR) is 112 cm³/mol. The summed E-state index contributed by atoms with van der Waals surface area (Å²) >= 11 is 0. The highest BCUT2D eigenvalue weighted by Crippen LogP contribution is 2.29. The van der Waals surface area contributed by atoms with Crippen molar-refractivity contribution in [1.82, 2.24) is 10.2 Å². The molecule has 0 atom stereocenters. The normalized spacial score (nSPS) is 10.9. The van der Waals surface area contributed by atoms with Crippen LogP contribution < -0.4 is 20.1 Å². The van der Waals surface area contributed by atoms with Crippen molar-refractivity contribution >= 4 is 17.6 Å². The van der Waals surface area contributed by atoms with Crippen molar-refractivity contribution in [3.05, 3.63) is 54.1 Å². The summed E-state index contributed by atoms with van der Waals surface area (Å²) in [5.74, 6) is 1.71. The third kappa shape index (κ3) is 6.50. The molecule has 7 nitrogen and oxygen atoms in total. The molecule has 0 saturated heterocycles. The number of methoxy groups -OCH3 is 2. The van der Waals surface area contributed by atoms with Gasteiger partial charge in [0.1, 0.15) is 6.54 Å². The van der Waals surface area contributed by atoms with Crippen LogP contribution in [-0.2, 0) is 11.2 Å². The van der Waals surface area contributed by atoms with Gasteiger partial charge in [0.05, 0.1) is 14.2 Å². The Morgan fingerprint density at radius 1 is 1.04 bits per heavy atom. The number of nitrogens with zero attached hydrogens (tertiary/aromatic N) is 2. The van der Waals surface area contributed by atoms with Crippen LogP contribution in [0.25, 0.3) is 0 Å². The highest BCUT2D eigenvalue weighted by Gasteiger charge is 2.08. The molecule has 0 bridgehead atoms. The number of carbonyl (C=O) groups excluding carboxylic acids is 1. The van der Waals surface area contributed by atoms with Crippen LogP contribution in [0.1, 0.15) is 5.56 Å². The fraction of sp³-hybridized carbons (Fsp3) is 0.333. The zero-order valence-electron chi connectivity index (χ0n) is 16.9. The largest absolute Gasteiger partial charge is 0.493 e. The number of hydrogen-bond acceptors (Lipinski definition) is 4. The lowest BCUT2D eigenvalue weighted by Crippen LogP contribution is -2.34. The summed E-state index contributed by atoms with van der Waals surface area (Å²) in [5.41, 5.74) is 2.01. The van der Waals surface area contributed by atoms with E-state index in [1.807, 2.05) is 36.4 Å². The first-order valence-corrected chi connectivity index (χ1v) is 9.05. The highest BCUT2D eigenvalue weighted by atomic mass is 16.5. The monoisotopic (exact) mass is 384 g/mol. The van der Waals surface area contributed by atoms with Gasteiger partial charge in [-0.1, -0.05) is 30.3 Å². The van der Waals surface area contributed by atoms with Crippen LogP contribution >= 0.6 is 0 Å². The van der Waals surface area contributed by atoms with Crippen molar-refractivity contribution in [1.29, 1.82) is 0 Å². The Labute approximate surface area is 166 Å². The topological polar surface area (TPSA) is 75.2 Å². The highest BCUT2D eigenvalue weighted by molar-refractivity contribution is 5.95. The molecule has 0 aliphatic carbocycles. The number of rotatable bonds is 8. The number of ether oxygens (including phenoxy) is 2. The van der Waals surface area contributed by atoms with Gasteiger partial charge in [0.15, 0.2) is 17.5 Å². The van der Waals surface area contributed by atoms with Gasteiger partial charge < -0.3 is 25.0 Å². The summed E-state index contributed by atoms with van der Waals surface area (Å²) in [6, 6.07) is 15.7. The quantitative estimate of drug-likeness (QED) is 0.540. The smallest absolute Gasteiger partial charge is 0.243 e. The first-order chi connectivity index (χ1) is 13.5. The van der Waals surface area contributed by atoms with Crippen molar-refractivity contribution in [2.45, 2.75) is 6.42 Å². The molecule has 1 amide bonds. The number of nitrogens with one attached hydrogen (secondary N) is 2. The summed E-state index contributed by atoms with van der Waals surface area (Å²) in [7, 11) is 6.60. The summed E-state index contributed by atoms with van der Waals surface area (Å²) in [4.78, 5) is 17.8. The molecule has 0 aromatic heterocycles. The molecule has 0 fully saturated rings. The van der Waals surface area contributed by atoms with E-state index in [2.05, 4.69) is 27.8 Å². The van der Waals surface area contributed by atoms with E-state index in [0.717, 1.165) is 12.1 Å². The number of hydrogen-bond donors (Lipinski definition) is 2. The molecular weight excluding hydrogens is 356 g/mol. The second kappa shape index (κ2) is 10.8. The molecule has 0 aliphatic rings. The van der Waals surface area contributed by atoms with Crippen molar-refractivity contribution < 1.29 is 14.3 Å². The molecule has 2 aromatic carbocycles. The number of aliphatic imine (C=N–C) groups is 1. The number of amides is 1. The Balaban J connectivity index is 2.08. The average molecular weight is 384 g/mol. The van der Waals surface area contributed by atoms with E-state index in [0.29, 0.717) is 24.0 Å². The molecule has 0 radical (unpaired) electrons. The lowest BCUT2D eigenvalue weighted by Gasteiger charge is -2.15. The average Bonchev–Trinajstić information content (AvgIpc) is 2.72. The number of guanidine groups is 1. The molecule has 0 unspecified atom stereocenters. The van der Waals surface area contributed by atoms with Gasteiger partial charge in [-0.2, -0.15) is 0 Å². The van der Waals surface area contributed by atoms with E-state index in [9.17, 15) is 4.79 Å². The van der Waals surface area contributed by atoms with Gasteiger partial charge in [-0.15, -0.1) is 0 Å². The Kier molecular flexibility index (Phi) is 8.14. The van der Waals surface area contributed by atoms with Crippen LogP contribution in [0.5, 0.6) is 11.5 Å². The Bertz CT molecular complexity index is 791. The summed E-state index contributed by atoms with van der Waals surface area (Å²) in [5, 5.41) is 6.49. The molecule has 0 spiro atoms. The van der Waals surface area contributed by atoms with Gasteiger partial charge in [-0.25, -0.2) is 4.99 Å². The molecule has 7 heteroatoms. The molecule has 28 heavy (non-hydrogen) atoms. The van der Waals surface area contributed by atoms with Crippen molar-refractivity contribution in [2.75, 3.05) is 46.7 Å². The zero-order chi connectivity index (χ0) is 20.4. The van der Waals surface area contributed by atoms with Crippen LogP contribution in [-0.4, -0.2) is 58.2 Å². The van der Waals surface area contributed by atoms with Gasteiger partial charge in [0.25, 0.3) is 0 Å². The molecular formula is C21H28N4O3. The number of anilines is 1. The predicted octanol–water partition coefficient (Wildman–Crippen LogP) is 2.39. The van der Waals surface area contributed by atoms with Crippen LogP contribution in [0.2, 0.25) is 0 Å². The second-order valence-corrected chi connectivity index (χ2v) is 6.31. The maximum atomic E-state index is 11.9. The molecule has 0 heterocycles. The Morgan fingerprint density at radius 2 is 1.75 bits per heavy atom. The molecule has 2 rings (SSSR count). The lowest BCUT2D eigenvalue weighted by molar-refractivity contribution is -0.127.